The van der Waals surface area contributed by atoms with Crippen LogP contribution in [0.1, 0.15) is 23.4 Å². The Balaban J connectivity index is 1.82. The molecule has 2 heterocycles. The van der Waals surface area contributed by atoms with E-state index in [9.17, 15) is 4.79 Å². The summed E-state index contributed by atoms with van der Waals surface area (Å²) >= 11 is 0. The molecule has 7 nitrogen and oxygen atoms in total. The Kier molecular flexibility index (Phi) is 5.08. The van der Waals surface area contributed by atoms with Crippen LogP contribution in [0.25, 0.3) is 0 Å². The van der Waals surface area contributed by atoms with Gasteiger partial charge < -0.3 is 9.80 Å². The van der Waals surface area contributed by atoms with Crippen LogP contribution < -0.4 is 0 Å². The number of aromatic nitrogens is 3. The van der Waals surface area contributed by atoms with Gasteiger partial charge in [0.2, 0.25) is 5.82 Å². The van der Waals surface area contributed by atoms with Crippen molar-refractivity contribution < 1.29 is 4.79 Å². The fourth-order valence-corrected chi connectivity index (χ4v) is 2.21. The van der Waals surface area contributed by atoms with Crippen LogP contribution in [0.4, 0.5) is 0 Å². The number of amides is 1. The molecule has 1 fully saturated rings. The fourth-order valence-electron chi connectivity index (χ4n) is 2.21. The molecule has 1 N–H and O–H groups in total. The van der Waals surface area contributed by atoms with E-state index < -0.39 is 0 Å². The van der Waals surface area contributed by atoms with Crippen LogP contribution in [0.5, 0.6) is 0 Å². The molecule has 0 aromatic carbocycles. The Hall–Kier alpha value is -1.47. The molecule has 1 aromatic heterocycles. The molecule has 112 valence electrons. The first kappa shape index (κ1) is 14.9. The Morgan fingerprint density at radius 2 is 2.00 bits per heavy atom. The van der Waals surface area contributed by atoms with Gasteiger partial charge >= 0.3 is 0 Å². The maximum Gasteiger partial charge on any atom is 0.293 e. The van der Waals surface area contributed by atoms with Crippen LogP contribution in [0.15, 0.2) is 0 Å². The predicted molar refractivity (Wildman–Crippen MR) is 76.7 cm³/mol. The van der Waals surface area contributed by atoms with Crippen LogP contribution in [-0.4, -0.2) is 89.2 Å². The first-order valence-corrected chi connectivity index (χ1v) is 7.17. The molecular weight excluding hydrogens is 256 g/mol. The summed E-state index contributed by atoms with van der Waals surface area (Å²) < 4.78 is 0. The summed E-state index contributed by atoms with van der Waals surface area (Å²) in [5, 5.41) is 6.79. The lowest BCUT2D eigenvalue weighted by atomic mass is 10.3. The van der Waals surface area contributed by atoms with Crippen LogP contribution in [0.3, 0.4) is 0 Å². The van der Waals surface area contributed by atoms with Crippen molar-refractivity contribution in [2.45, 2.75) is 13.3 Å². The lowest BCUT2D eigenvalue weighted by Crippen LogP contribution is -2.50. The predicted octanol–water partition coefficient (Wildman–Crippen LogP) is -0.313. The maximum absolute atomic E-state index is 12.3. The van der Waals surface area contributed by atoms with Gasteiger partial charge in [-0.2, -0.15) is 0 Å². The van der Waals surface area contributed by atoms with E-state index >= 15 is 0 Å². The number of nitrogens with zero attached hydrogens (tertiary/aromatic N) is 5. The van der Waals surface area contributed by atoms with Crippen molar-refractivity contribution in [1.29, 1.82) is 0 Å². The number of carbonyl (C=O) groups is 1. The number of aromatic amines is 1. The van der Waals surface area contributed by atoms with Gasteiger partial charge in [-0.3, -0.25) is 14.8 Å². The summed E-state index contributed by atoms with van der Waals surface area (Å²) in [6.07, 6.45) is 0.762. The van der Waals surface area contributed by atoms with Gasteiger partial charge in [0.15, 0.2) is 0 Å². The van der Waals surface area contributed by atoms with Crippen LogP contribution in [0, 0.1) is 0 Å². The second-order valence-electron chi connectivity index (χ2n) is 5.40. The topological polar surface area (TPSA) is 68.4 Å². The molecule has 0 saturated carbocycles. The minimum Gasteiger partial charge on any atom is -0.333 e. The molecule has 0 aliphatic carbocycles. The number of rotatable bonds is 5. The van der Waals surface area contributed by atoms with E-state index in [1.165, 1.54) is 0 Å². The molecule has 0 unspecified atom stereocenters. The maximum atomic E-state index is 12.3. The number of hydrogen-bond acceptors (Lipinski definition) is 5. The molecule has 1 saturated heterocycles. The summed E-state index contributed by atoms with van der Waals surface area (Å²) in [6.45, 7) is 7.43. The highest BCUT2D eigenvalue weighted by Gasteiger charge is 2.24. The molecule has 20 heavy (non-hydrogen) atoms. The lowest BCUT2D eigenvalue weighted by Gasteiger charge is -2.34. The van der Waals surface area contributed by atoms with Crippen molar-refractivity contribution in [3.05, 3.63) is 11.6 Å². The van der Waals surface area contributed by atoms with Gasteiger partial charge in [0.25, 0.3) is 5.91 Å². The van der Waals surface area contributed by atoms with E-state index in [2.05, 4.69) is 39.1 Å². The molecule has 0 atom stereocenters. The van der Waals surface area contributed by atoms with Crippen molar-refractivity contribution in [3.8, 4) is 0 Å². The zero-order valence-corrected chi connectivity index (χ0v) is 12.6. The fraction of sp³-hybridized carbons (Fsp3) is 0.769. The molecule has 0 spiro atoms. The summed E-state index contributed by atoms with van der Waals surface area (Å²) in [7, 11) is 4.16. The van der Waals surface area contributed by atoms with Gasteiger partial charge in [-0.1, -0.05) is 6.92 Å². The smallest absolute Gasteiger partial charge is 0.293 e. The Bertz CT molecular complexity index is 436. The van der Waals surface area contributed by atoms with E-state index in [4.69, 9.17) is 0 Å². The third-order valence-corrected chi connectivity index (χ3v) is 3.58. The summed E-state index contributed by atoms with van der Waals surface area (Å²) in [5.41, 5.74) is 0. The minimum absolute atomic E-state index is 0.0618. The third-order valence-electron chi connectivity index (χ3n) is 3.58. The molecular formula is C13H24N6O. The van der Waals surface area contributed by atoms with E-state index in [0.717, 1.165) is 51.5 Å². The van der Waals surface area contributed by atoms with Crippen LogP contribution in [0.2, 0.25) is 0 Å². The van der Waals surface area contributed by atoms with Crippen LogP contribution >= 0.6 is 0 Å². The molecule has 7 heteroatoms. The highest BCUT2D eigenvalue weighted by Crippen LogP contribution is 2.06. The summed E-state index contributed by atoms with van der Waals surface area (Å²) in [5.74, 6) is 0.995. The zero-order valence-electron chi connectivity index (χ0n) is 12.6. The largest absolute Gasteiger partial charge is 0.333 e. The van der Waals surface area contributed by atoms with Gasteiger partial charge in [-0.25, -0.2) is 4.98 Å². The van der Waals surface area contributed by atoms with E-state index in [1.54, 1.807) is 0 Å². The molecule has 2 rings (SSSR count). The standard InChI is InChI=1S/C13H24N6O/c1-4-11-14-12(16-15-11)13(20)19-9-7-18(8-10-19)6-5-17(2)3/h4-10H2,1-3H3,(H,14,15,16). The molecule has 0 bridgehead atoms. The summed E-state index contributed by atoms with van der Waals surface area (Å²) in [4.78, 5) is 22.9. The summed E-state index contributed by atoms with van der Waals surface area (Å²) in [6, 6.07) is 0. The Morgan fingerprint density at radius 1 is 1.30 bits per heavy atom. The van der Waals surface area contributed by atoms with Gasteiger partial charge in [-0.15, -0.1) is 5.10 Å². The second kappa shape index (κ2) is 6.81. The average Bonchev–Trinajstić information content (AvgIpc) is 2.94. The van der Waals surface area contributed by atoms with Crippen molar-refractivity contribution in [2.24, 2.45) is 0 Å². The van der Waals surface area contributed by atoms with Crippen molar-refractivity contribution >= 4 is 5.91 Å². The number of likely N-dealkylation sites (N-methyl/N-ethyl adjacent to an activating group) is 1. The van der Waals surface area contributed by atoms with Gasteiger partial charge in [-0.05, 0) is 14.1 Å². The monoisotopic (exact) mass is 280 g/mol. The van der Waals surface area contributed by atoms with Crippen molar-refractivity contribution in [2.75, 3.05) is 53.4 Å². The van der Waals surface area contributed by atoms with E-state index in [0.29, 0.717) is 5.82 Å². The number of H-pyrrole nitrogens is 1. The highest BCUT2D eigenvalue weighted by atomic mass is 16.2. The Morgan fingerprint density at radius 3 is 2.55 bits per heavy atom. The molecule has 1 aliphatic heterocycles. The number of aryl methyl sites for hydroxylation is 1. The van der Waals surface area contributed by atoms with Gasteiger partial charge in [0.05, 0.1) is 0 Å². The number of carbonyl (C=O) groups excluding carboxylic acids is 1. The van der Waals surface area contributed by atoms with E-state index in [1.807, 2.05) is 11.8 Å². The van der Waals surface area contributed by atoms with Crippen molar-refractivity contribution in [1.82, 2.24) is 29.9 Å². The highest BCUT2D eigenvalue weighted by molar-refractivity contribution is 5.90. The van der Waals surface area contributed by atoms with Gasteiger partial charge in [0, 0.05) is 45.7 Å². The Labute approximate surface area is 119 Å². The SMILES string of the molecule is CCc1nc(C(=O)N2CCN(CCN(C)C)CC2)n[nH]1. The lowest BCUT2D eigenvalue weighted by molar-refractivity contribution is 0.0618. The van der Waals surface area contributed by atoms with Crippen molar-refractivity contribution in [3.63, 3.8) is 0 Å². The van der Waals surface area contributed by atoms with Gasteiger partial charge in [0.1, 0.15) is 5.82 Å². The van der Waals surface area contributed by atoms with E-state index in [-0.39, 0.29) is 5.91 Å². The normalized spacial score (nSPS) is 16.9. The number of hydrogen-bond donors (Lipinski definition) is 1. The molecule has 1 amide bonds. The first-order valence-electron chi connectivity index (χ1n) is 7.17. The third kappa shape index (κ3) is 3.77. The molecule has 0 radical (unpaired) electrons. The first-order chi connectivity index (χ1) is 9.60. The number of piperazine rings is 1. The zero-order chi connectivity index (χ0) is 14.5. The minimum atomic E-state index is -0.0618. The molecule has 1 aromatic rings. The quantitative estimate of drug-likeness (QED) is 0.801. The number of nitrogens with one attached hydrogen (secondary N) is 1. The second-order valence-corrected chi connectivity index (χ2v) is 5.40. The molecule has 1 aliphatic rings. The van der Waals surface area contributed by atoms with Crippen LogP contribution in [-0.2, 0) is 6.42 Å². The average molecular weight is 280 g/mol.